The van der Waals surface area contributed by atoms with Crippen molar-refractivity contribution in [1.29, 1.82) is 5.41 Å². The van der Waals surface area contributed by atoms with Crippen LogP contribution < -0.4 is 11.5 Å². The van der Waals surface area contributed by atoms with Crippen LogP contribution in [0.4, 0.5) is 0 Å². The first-order chi connectivity index (χ1) is 7.13. The van der Waals surface area contributed by atoms with E-state index in [0.29, 0.717) is 13.1 Å². The van der Waals surface area contributed by atoms with Gasteiger partial charge in [0, 0.05) is 6.54 Å². The third kappa shape index (κ3) is 3.34. The summed E-state index contributed by atoms with van der Waals surface area (Å²) < 4.78 is 5.17. The SMILES string of the molecule is CCN(Cc1ccco1)C(=N)N=C(N)N. The fourth-order valence-corrected chi connectivity index (χ4v) is 1.12. The van der Waals surface area contributed by atoms with Gasteiger partial charge in [-0.1, -0.05) is 0 Å². The minimum Gasteiger partial charge on any atom is -0.467 e. The Morgan fingerprint density at radius 2 is 2.33 bits per heavy atom. The van der Waals surface area contributed by atoms with Gasteiger partial charge < -0.3 is 20.8 Å². The van der Waals surface area contributed by atoms with E-state index in [4.69, 9.17) is 21.3 Å². The molecular formula is C9H15N5O. The highest BCUT2D eigenvalue weighted by Gasteiger charge is 2.09. The summed E-state index contributed by atoms with van der Waals surface area (Å²) >= 11 is 0. The fourth-order valence-electron chi connectivity index (χ4n) is 1.12. The van der Waals surface area contributed by atoms with Gasteiger partial charge in [0.2, 0.25) is 5.96 Å². The molecule has 0 amide bonds. The van der Waals surface area contributed by atoms with E-state index in [1.54, 1.807) is 17.2 Å². The molecule has 0 bridgehead atoms. The third-order valence-electron chi connectivity index (χ3n) is 1.84. The lowest BCUT2D eigenvalue weighted by Gasteiger charge is -2.19. The fraction of sp³-hybridized carbons (Fsp3) is 0.333. The summed E-state index contributed by atoms with van der Waals surface area (Å²) in [6.45, 7) is 3.04. The zero-order valence-corrected chi connectivity index (χ0v) is 8.60. The van der Waals surface area contributed by atoms with Crippen LogP contribution in [-0.2, 0) is 6.54 Å². The summed E-state index contributed by atoms with van der Waals surface area (Å²) in [4.78, 5) is 5.36. The van der Waals surface area contributed by atoms with E-state index in [2.05, 4.69) is 4.99 Å². The quantitative estimate of drug-likeness (QED) is 0.492. The second kappa shape index (κ2) is 5.04. The first-order valence-corrected chi connectivity index (χ1v) is 4.59. The van der Waals surface area contributed by atoms with Gasteiger partial charge in [0.05, 0.1) is 12.8 Å². The lowest BCUT2D eigenvalue weighted by molar-refractivity contribution is 0.370. The smallest absolute Gasteiger partial charge is 0.221 e. The minimum absolute atomic E-state index is 0.0360. The van der Waals surface area contributed by atoms with Gasteiger partial charge in [-0.2, -0.15) is 4.99 Å². The van der Waals surface area contributed by atoms with Crippen molar-refractivity contribution in [2.75, 3.05) is 6.54 Å². The molecule has 0 aromatic carbocycles. The van der Waals surface area contributed by atoms with Crippen LogP contribution in [0.15, 0.2) is 27.8 Å². The first-order valence-electron chi connectivity index (χ1n) is 4.59. The molecule has 0 aliphatic carbocycles. The molecule has 6 heteroatoms. The molecule has 15 heavy (non-hydrogen) atoms. The summed E-state index contributed by atoms with van der Waals surface area (Å²) in [5.41, 5.74) is 10.4. The van der Waals surface area contributed by atoms with Gasteiger partial charge in [-0.15, -0.1) is 0 Å². The van der Waals surface area contributed by atoms with Crippen LogP contribution in [-0.4, -0.2) is 23.4 Å². The molecule has 0 fully saturated rings. The Labute approximate surface area is 88.1 Å². The van der Waals surface area contributed by atoms with E-state index in [1.165, 1.54) is 0 Å². The number of rotatable bonds is 3. The highest BCUT2D eigenvalue weighted by molar-refractivity contribution is 5.91. The molecule has 0 spiro atoms. The average Bonchev–Trinajstić information content (AvgIpc) is 2.65. The molecule has 6 nitrogen and oxygen atoms in total. The highest BCUT2D eigenvalue weighted by atomic mass is 16.3. The van der Waals surface area contributed by atoms with Crippen LogP contribution >= 0.6 is 0 Å². The van der Waals surface area contributed by atoms with E-state index >= 15 is 0 Å². The van der Waals surface area contributed by atoms with Crippen molar-refractivity contribution in [3.63, 3.8) is 0 Å². The zero-order valence-electron chi connectivity index (χ0n) is 8.60. The summed E-state index contributed by atoms with van der Waals surface area (Å²) in [5.74, 6) is 0.694. The van der Waals surface area contributed by atoms with Gasteiger partial charge in [-0.3, -0.25) is 5.41 Å². The van der Waals surface area contributed by atoms with Crippen molar-refractivity contribution in [1.82, 2.24) is 4.90 Å². The molecule has 0 saturated heterocycles. The first kappa shape index (κ1) is 11.1. The minimum atomic E-state index is -0.113. The van der Waals surface area contributed by atoms with Crippen LogP contribution in [0.25, 0.3) is 0 Å². The van der Waals surface area contributed by atoms with Crippen molar-refractivity contribution in [2.45, 2.75) is 13.5 Å². The van der Waals surface area contributed by atoms with E-state index in [-0.39, 0.29) is 11.9 Å². The number of hydrogen-bond acceptors (Lipinski definition) is 2. The molecule has 0 aliphatic rings. The molecule has 0 atom stereocenters. The van der Waals surface area contributed by atoms with Crippen LogP contribution in [0.1, 0.15) is 12.7 Å². The van der Waals surface area contributed by atoms with Crippen molar-refractivity contribution in [2.24, 2.45) is 16.5 Å². The Kier molecular flexibility index (Phi) is 3.73. The molecule has 1 aromatic heterocycles. The lowest BCUT2D eigenvalue weighted by Crippen LogP contribution is -2.32. The Morgan fingerprint density at radius 1 is 1.60 bits per heavy atom. The van der Waals surface area contributed by atoms with Gasteiger partial charge in [0.1, 0.15) is 5.76 Å². The standard InChI is InChI=1S/C9H15N5O/c1-2-14(9(12)13-8(10)11)6-7-4-3-5-15-7/h3-5H,2,6H2,1H3,(H5,10,11,12,13). The summed E-state index contributed by atoms with van der Waals surface area (Å²) in [7, 11) is 0. The van der Waals surface area contributed by atoms with E-state index in [0.717, 1.165) is 5.76 Å². The number of furan rings is 1. The molecular weight excluding hydrogens is 194 g/mol. The second-order valence-electron chi connectivity index (χ2n) is 2.95. The second-order valence-corrected chi connectivity index (χ2v) is 2.95. The molecule has 82 valence electrons. The number of hydrogen-bond donors (Lipinski definition) is 3. The van der Waals surface area contributed by atoms with Crippen molar-refractivity contribution >= 4 is 11.9 Å². The van der Waals surface area contributed by atoms with Gasteiger partial charge in [0.25, 0.3) is 0 Å². The lowest BCUT2D eigenvalue weighted by atomic mass is 10.4. The maximum Gasteiger partial charge on any atom is 0.221 e. The molecule has 0 unspecified atom stereocenters. The number of guanidine groups is 2. The molecule has 0 saturated carbocycles. The third-order valence-corrected chi connectivity index (χ3v) is 1.84. The van der Waals surface area contributed by atoms with E-state index in [9.17, 15) is 0 Å². The van der Waals surface area contributed by atoms with Crippen LogP contribution in [0, 0.1) is 5.41 Å². The number of aliphatic imine (C=N–C) groups is 1. The summed E-state index contributed by atoms with van der Waals surface area (Å²) in [6, 6.07) is 3.64. The molecule has 1 heterocycles. The Morgan fingerprint density at radius 3 is 2.80 bits per heavy atom. The Balaban J connectivity index is 2.64. The van der Waals surface area contributed by atoms with Gasteiger partial charge in [-0.25, -0.2) is 0 Å². The topological polar surface area (TPSA) is 105 Å². The predicted octanol–water partition coefficient (Wildman–Crippen LogP) is 0.310. The molecule has 0 aliphatic heterocycles. The molecule has 5 N–H and O–H groups in total. The van der Waals surface area contributed by atoms with Crippen LogP contribution in [0.3, 0.4) is 0 Å². The van der Waals surface area contributed by atoms with Crippen LogP contribution in [0.5, 0.6) is 0 Å². The maximum atomic E-state index is 7.62. The maximum absolute atomic E-state index is 7.62. The predicted molar refractivity (Wildman–Crippen MR) is 58.3 cm³/mol. The van der Waals surface area contributed by atoms with E-state index in [1.807, 2.05) is 13.0 Å². The highest BCUT2D eigenvalue weighted by Crippen LogP contribution is 2.05. The number of nitrogens with two attached hydrogens (primary N) is 2. The molecule has 1 aromatic rings. The zero-order chi connectivity index (χ0) is 11.3. The summed E-state index contributed by atoms with van der Waals surface area (Å²) in [5, 5.41) is 7.62. The monoisotopic (exact) mass is 209 g/mol. The largest absolute Gasteiger partial charge is 0.467 e. The van der Waals surface area contributed by atoms with Crippen LogP contribution in [0.2, 0.25) is 0 Å². The van der Waals surface area contributed by atoms with Crippen molar-refractivity contribution in [3.8, 4) is 0 Å². The number of nitrogens with one attached hydrogen (secondary N) is 1. The number of nitrogens with zero attached hydrogens (tertiary/aromatic N) is 2. The normalized spacial score (nSPS) is 9.67. The summed E-state index contributed by atoms with van der Waals surface area (Å²) in [6.07, 6.45) is 1.59. The van der Waals surface area contributed by atoms with Gasteiger partial charge in [0.15, 0.2) is 5.96 Å². The van der Waals surface area contributed by atoms with Gasteiger partial charge >= 0.3 is 0 Å². The molecule has 0 radical (unpaired) electrons. The van der Waals surface area contributed by atoms with Crippen molar-refractivity contribution in [3.05, 3.63) is 24.2 Å². The Hall–Kier alpha value is -1.98. The average molecular weight is 209 g/mol. The Bertz CT molecular complexity index is 339. The molecule has 1 rings (SSSR count). The van der Waals surface area contributed by atoms with Crippen molar-refractivity contribution < 1.29 is 4.42 Å². The van der Waals surface area contributed by atoms with E-state index < -0.39 is 0 Å². The van der Waals surface area contributed by atoms with Gasteiger partial charge in [-0.05, 0) is 19.1 Å².